The summed E-state index contributed by atoms with van der Waals surface area (Å²) >= 11 is 5.30. The van der Waals surface area contributed by atoms with Crippen LogP contribution in [0.4, 0.5) is 5.69 Å². The third kappa shape index (κ3) is 4.48. The van der Waals surface area contributed by atoms with Crippen LogP contribution in [0.25, 0.3) is 11.8 Å². The summed E-state index contributed by atoms with van der Waals surface area (Å²) in [4.78, 5) is 40.8. The highest BCUT2D eigenvalue weighted by atomic mass is 32.1. The highest BCUT2D eigenvalue weighted by molar-refractivity contribution is 7.80. The van der Waals surface area contributed by atoms with Gasteiger partial charge >= 0.3 is 0 Å². The van der Waals surface area contributed by atoms with Crippen LogP contribution in [0.15, 0.2) is 95.3 Å². The number of hydrogen-bond donors (Lipinski definition) is 1. The molecule has 4 aromatic rings. The van der Waals surface area contributed by atoms with Gasteiger partial charge in [-0.25, -0.2) is 4.68 Å². The van der Waals surface area contributed by atoms with Gasteiger partial charge in [0.25, 0.3) is 17.4 Å². The molecule has 8 nitrogen and oxygen atoms in total. The molecule has 3 aromatic carbocycles. The molecule has 5 rings (SSSR count). The fourth-order valence-corrected chi connectivity index (χ4v) is 4.36. The number of carbonyl (C=O) groups excluding carboxylic acids is 2. The fourth-order valence-electron chi connectivity index (χ4n) is 4.08. The molecule has 1 aliphatic rings. The van der Waals surface area contributed by atoms with E-state index in [-0.39, 0.29) is 21.8 Å². The van der Waals surface area contributed by atoms with Crippen molar-refractivity contribution >= 4 is 40.9 Å². The van der Waals surface area contributed by atoms with Crippen molar-refractivity contribution in [3.63, 3.8) is 0 Å². The van der Waals surface area contributed by atoms with Gasteiger partial charge in [0.15, 0.2) is 5.11 Å². The number of rotatable bonds is 5. The summed E-state index contributed by atoms with van der Waals surface area (Å²) in [6, 6.07) is 25.2. The first-order valence-corrected chi connectivity index (χ1v) is 11.8. The molecule has 9 heteroatoms. The van der Waals surface area contributed by atoms with Gasteiger partial charge in [0.1, 0.15) is 17.1 Å². The van der Waals surface area contributed by atoms with E-state index in [1.54, 1.807) is 42.9 Å². The van der Waals surface area contributed by atoms with Crippen LogP contribution in [0.5, 0.6) is 11.5 Å². The minimum Gasteiger partial charge on any atom is -0.457 e. The predicted molar refractivity (Wildman–Crippen MR) is 145 cm³/mol. The van der Waals surface area contributed by atoms with Crippen LogP contribution in [-0.4, -0.2) is 26.3 Å². The number of nitrogens with zero attached hydrogens (tertiary/aromatic N) is 3. The van der Waals surface area contributed by atoms with E-state index in [4.69, 9.17) is 17.0 Å². The van der Waals surface area contributed by atoms with E-state index in [1.807, 2.05) is 60.7 Å². The first kappa shape index (κ1) is 24.0. The number of aromatic nitrogens is 2. The average Bonchev–Trinajstić information content (AvgIpc) is 3.11. The Morgan fingerprint density at radius 1 is 0.811 bits per heavy atom. The Hall–Kier alpha value is -4.76. The zero-order valence-electron chi connectivity index (χ0n) is 20.0. The predicted octanol–water partition coefficient (Wildman–Crippen LogP) is 4.11. The van der Waals surface area contributed by atoms with Gasteiger partial charge in [0.05, 0.1) is 16.9 Å². The van der Waals surface area contributed by atoms with E-state index in [1.165, 1.54) is 15.7 Å². The zero-order chi connectivity index (χ0) is 26.1. The summed E-state index contributed by atoms with van der Waals surface area (Å²) in [6.07, 6.45) is 1.33. The van der Waals surface area contributed by atoms with Gasteiger partial charge in [-0.1, -0.05) is 36.4 Å². The Balaban J connectivity index is 1.48. The van der Waals surface area contributed by atoms with Crippen LogP contribution in [0.3, 0.4) is 0 Å². The molecule has 1 aliphatic heterocycles. The molecule has 0 radical (unpaired) electrons. The van der Waals surface area contributed by atoms with Crippen molar-refractivity contribution in [1.29, 1.82) is 0 Å². The van der Waals surface area contributed by atoms with Crippen LogP contribution in [-0.2, 0) is 16.6 Å². The van der Waals surface area contributed by atoms with Crippen molar-refractivity contribution in [3.8, 4) is 17.2 Å². The SMILES string of the molecule is Cc1c(C=C2C(=O)NC(=S)N(c3ccc(Oc4ccccc4)cc3)C2=O)c(=O)n(-c2ccccc2)n1C. The number of thiocarbonyl (C=S) groups is 1. The summed E-state index contributed by atoms with van der Waals surface area (Å²) in [7, 11) is 1.75. The van der Waals surface area contributed by atoms with Gasteiger partial charge in [-0.2, -0.15) is 0 Å². The topological polar surface area (TPSA) is 85.6 Å². The molecule has 37 heavy (non-hydrogen) atoms. The van der Waals surface area contributed by atoms with Gasteiger partial charge in [-0.3, -0.25) is 29.3 Å². The summed E-state index contributed by atoms with van der Waals surface area (Å²) in [5.74, 6) is -0.0354. The molecule has 0 atom stereocenters. The molecule has 1 saturated heterocycles. The fraction of sp³-hybridized carbons (Fsp3) is 0.0714. The average molecular weight is 511 g/mol. The van der Waals surface area contributed by atoms with Crippen LogP contribution in [0, 0.1) is 6.92 Å². The molecule has 0 bridgehead atoms. The van der Waals surface area contributed by atoms with Crippen molar-refractivity contribution in [2.24, 2.45) is 7.05 Å². The second-order valence-corrected chi connectivity index (χ2v) is 8.73. The Morgan fingerprint density at radius 2 is 1.41 bits per heavy atom. The van der Waals surface area contributed by atoms with Crippen LogP contribution in [0.1, 0.15) is 11.3 Å². The maximum Gasteiger partial charge on any atom is 0.278 e. The highest BCUT2D eigenvalue weighted by Gasteiger charge is 2.35. The highest BCUT2D eigenvalue weighted by Crippen LogP contribution is 2.27. The first-order chi connectivity index (χ1) is 17.8. The van der Waals surface area contributed by atoms with E-state index >= 15 is 0 Å². The number of hydrogen-bond acceptors (Lipinski definition) is 5. The Labute approximate surface area is 218 Å². The van der Waals surface area contributed by atoms with Crippen molar-refractivity contribution in [3.05, 3.63) is 112 Å². The monoisotopic (exact) mass is 510 g/mol. The number of benzene rings is 3. The molecule has 2 amide bonds. The molecule has 184 valence electrons. The lowest BCUT2D eigenvalue weighted by molar-refractivity contribution is -0.122. The van der Waals surface area contributed by atoms with Gasteiger partial charge in [0.2, 0.25) is 0 Å². The number of amides is 2. The second-order valence-electron chi connectivity index (χ2n) is 8.34. The van der Waals surface area contributed by atoms with Gasteiger partial charge in [-0.15, -0.1) is 0 Å². The lowest BCUT2D eigenvalue weighted by atomic mass is 10.1. The molecule has 0 spiro atoms. The lowest BCUT2D eigenvalue weighted by Crippen LogP contribution is -2.54. The lowest BCUT2D eigenvalue weighted by Gasteiger charge is -2.29. The minimum atomic E-state index is -0.663. The first-order valence-electron chi connectivity index (χ1n) is 11.4. The zero-order valence-corrected chi connectivity index (χ0v) is 20.9. The summed E-state index contributed by atoms with van der Waals surface area (Å²) in [5.41, 5.74) is 1.43. The number of nitrogens with one attached hydrogen (secondary N) is 1. The molecule has 0 unspecified atom stereocenters. The number of ether oxygens (including phenoxy) is 1. The quantitative estimate of drug-likeness (QED) is 0.248. The standard InChI is InChI=1S/C28H22N4O4S/c1-18-23(27(35)32(30(18)2)20-9-5-3-6-10-20)17-24-25(33)29-28(37)31(26(24)34)19-13-15-22(16-14-19)36-21-11-7-4-8-12-21/h3-17H,1-2H3,(H,29,33,37). The number of anilines is 1. The molecule has 1 fully saturated rings. The Morgan fingerprint density at radius 3 is 2.05 bits per heavy atom. The molecule has 2 heterocycles. The summed E-state index contributed by atoms with van der Waals surface area (Å²) < 4.78 is 8.98. The smallest absolute Gasteiger partial charge is 0.278 e. The van der Waals surface area contributed by atoms with Gasteiger partial charge in [-0.05, 0) is 73.7 Å². The van der Waals surface area contributed by atoms with E-state index in [9.17, 15) is 14.4 Å². The molecule has 1 aromatic heterocycles. The van der Waals surface area contributed by atoms with Gasteiger partial charge < -0.3 is 4.74 Å². The third-order valence-electron chi connectivity index (χ3n) is 6.06. The molecule has 1 N–H and O–H groups in total. The summed E-state index contributed by atoms with van der Waals surface area (Å²) in [6.45, 7) is 1.76. The van der Waals surface area contributed by atoms with E-state index in [0.717, 1.165) is 0 Å². The van der Waals surface area contributed by atoms with E-state index < -0.39 is 11.8 Å². The normalized spacial score (nSPS) is 14.7. The number of carbonyl (C=O) groups is 2. The Kier molecular flexibility index (Phi) is 6.29. The third-order valence-corrected chi connectivity index (χ3v) is 6.35. The van der Waals surface area contributed by atoms with Crippen molar-refractivity contribution in [2.75, 3.05) is 4.90 Å². The van der Waals surface area contributed by atoms with Crippen molar-refractivity contribution in [2.45, 2.75) is 6.92 Å². The van der Waals surface area contributed by atoms with Crippen molar-refractivity contribution in [1.82, 2.24) is 14.7 Å². The minimum absolute atomic E-state index is 0.0460. The largest absolute Gasteiger partial charge is 0.457 e. The van der Waals surface area contributed by atoms with Crippen LogP contribution >= 0.6 is 12.2 Å². The number of para-hydroxylation sites is 2. The second kappa shape index (κ2) is 9.71. The molecular formula is C28H22N4O4S. The maximum atomic E-state index is 13.5. The van der Waals surface area contributed by atoms with Crippen molar-refractivity contribution < 1.29 is 14.3 Å². The van der Waals surface area contributed by atoms with Gasteiger partial charge in [0, 0.05) is 12.7 Å². The van der Waals surface area contributed by atoms with Crippen LogP contribution < -0.4 is 20.5 Å². The van der Waals surface area contributed by atoms with E-state index in [0.29, 0.717) is 28.6 Å². The Bertz CT molecular complexity index is 1600. The molecular weight excluding hydrogens is 488 g/mol. The maximum absolute atomic E-state index is 13.5. The van der Waals surface area contributed by atoms with E-state index in [2.05, 4.69) is 5.32 Å². The van der Waals surface area contributed by atoms with Crippen LogP contribution in [0.2, 0.25) is 0 Å². The molecule has 0 aliphatic carbocycles. The summed E-state index contributed by atoms with van der Waals surface area (Å²) in [5, 5.41) is 2.51. The molecule has 0 saturated carbocycles.